The number of amides is 2. The lowest BCUT2D eigenvalue weighted by atomic mass is 10.2. The van der Waals surface area contributed by atoms with E-state index in [4.69, 9.17) is 5.11 Å². The van der Waals surface area contributed by atoms with E-state index < -0.39 is 5.97 Å². The van der Waals surface area contributed by atoms with Crippen LogP contribution in [0.4, 0.5) is 4.79 Å². The summed E-state index contributed by atoms with van der Waals surface area (Å²) in [4.78, 5) is 29.9. The van der Waals surface area contributed by atoms with Crippen LogP contribution in [0.15, 0.2) is 24.5 Å². The van der Waals surface area contributed by atoms with Crippen molar-refractivity contribution in [1.82, 2.24) is 14.8 Å². The zero-order valence-corrected chi connectivity index (χ0v) is 12.1. The standard InChI is InChI=1S/C14H21N3O3/c1-11(2)8-17(10-13(18)19)14(20)16(3)9-12-4-6-15-7-5-12/h4-7,11H,8-10H2,1-3H3,(H,18,19). The average Bonchev–Trinajstić information content (AvgIpc) is 2.37. The molecule has 0 aliphatic rings. The van der Waals surface area contributed by atoms with Crippen LogP contribution in [0.25, 0.3) is 0 Å². The van der Waals surface area contributed by atoms with Crippen molar-refractivity contribution in [3.8, 4) is 0 Å². The molecule has 0 fully saturated rings. The number of hydrogen-bond acceptors (Lipinski definition) is 3. The van der Waals surface area contributed by atoms with Gasteiger partial charge in [-0.05, 0) is 23.6 Å². The zero-order valence-electron chi connectivity index (χ0n) is 12.1. The van der Waals surface area contributed by atoms with Gasteiger partial charge in [-0.25, -0.2) is 4.79 Å². The summed E-state index contributed by atoms with van der Waals surface area (Å²) in [6.45, 7) is 4.47. The van der Waals surface area contributed by atoms with Gasteiger partial charge in [0.1, 0.15) is 6.54 Å². The molecule has 1 aromatic heterocycles. The Bertz CT molecular complexity index is 448. The molecule has 6 heteroatoms. The first-order chi connectivity index (χ1) is 9.40. The summed E-state index contributed by atoms with van der Waals surface area (Å²) in [6.07, 6.45) is 3.33. The normalized spacial score (nSPS) is 10.4. The second-order valence-electron chi connectivity index (χ2n) is 5.16. The van der Waals surface area contributed by atoms with Gasteiger partial charge in [0.05, 0.1) is 0 Å². The van der Waals surface area contributed by atoms with Gasteiger partial charge in [0, 0.05) is 32.5 Å². The topological polar surface area (TPSA) is 73.7 Å². The van der Waals surface area contributed by atoms with Gasteiger partial charge in [0.15, 0.2) is 0 Å². The highest BCUT2D eigenvalue weighted by Crippen LogP contribution is 2.07. The first-order valence-electron chi connectivity index (χ1n) is 6.51. The molecule has 1 aromatic rings. The quantitative estimate of drug-likeness (QED) is 0.859. The lowest BCUT2D eigenvalue weighted by Crippen LogP contribution is -2.45. The molecule has 0 unspecified atom stereocenters. The summed E-state index contributed by atoms with van der Waals surface area (Å²) in [5, 5.41) is 8.90. The van der Waals surface area contributed by atoms with Crippen LogP contribution in [0.1, 0.15) is 19.4 Å². The van der Waals surface area contributed by atoms with E-state index in [2.05, 4.69) is 4.98 Å². The van der Waals surface area contributed by atoms with Gasteiger partial charge in [-0.1, -0.05) is 13.8 Å². The van der Waals surface area contributed by atoms with E-state index in [1.54, 1.807) is 19.4 Å². The number of carbonyl (C=O) groups excluding carboxylic acids is 1. The molecule has 0 radical (unpaired) electrons. The number of hydrogen-bond donors (Lipinski definition) is 1. The number of urea groups is 1. The van der Waals surface area contributed by atoms with E-state index in [1.165, 1.54) is 9.80 Å². The molecule has 2 amide bonds. The third-order valence-electron chi connectivity index (χ3n) is 2.68. The van der Waals surface area contributed by atoms with Crippen LogP contribution < -0.4 is 0 Å². The Balaban J connectivity index is 2.69. The summed E-state index contributed by atoms with van der Waals surface area (Å²) in [6, 6.07) is 3.37. The molecule has 0 aliphatic heterocycles. The number of carboxylic acids is 1. The van der Waals surface area contributed by atoms with Crippen LogP contribution >= 0.6 is 0 Å². The summed E-state index contributed by atoms with van der Waals surface area (Å²) < 4.78 is 0. The summed E-state index contributed by atoms with van der Waals surface area (Å²) >= 11 is 0. The van der Waals surface area contributed by atoms with E-state index in [1.807, 2.05) is 26.0 Å². The number of carbonyl (C=O) groups is 2. The molecule has 1 rings (SSSR count). The first kappa shape index (κ1) is 15.9. The highest BCUT2D eigenvalue weighted by atomic mass is 16.4. The van der Waals surface area contributed by atoms with Gasteiger partial charge in [-0.15, -0.1) is 0 Å². The van der Waals surface area contributed by atoms with Crippen LogP contribution in [-0.4, -0.2) is 52.0 Å². The monoisotopic (exact) mass is 279 g/mol. The molecule has 0 bridgehead atoms. The van der Waals surface area contributed by atoms with Crippen molar-refractivity contribution in [3.05, 3.63) is 30.1 Å². The number of nitrogens with zero attached hydrogens (tertiary/aromatic N) is 3. The molecule has 0 atom stereocenters. The number of aliphatic carboxylic acids is 1. The minimum atomic E-state index is -1.00. The predicted octanol–water partition coefficient (Wildman–Crippen LogP) is 1.68. The maximum atomic E-state index is 12.3. The maximum Gasteiger partial charge on any atom is 0.323 e. The predicted molar refractivity (Wildman–Crippen MR) is 75.1 cm³/mol. The minimum Gasteiger partial charge on any atom is -0.480 e. The number of rotatable bonds is 6. The lowest BCUT2D eigenvalue weighted by molar-refractivity contribution is -0.137. The Hall–Kier alpha value is -2.11. The molecule has 0 aromatic carbocycles. The fraction of sp³-hybridized carbons (Fsp3) is 0.500. The third-order valence-corrected chi connectivity index (χ3v) is 2.68. The fourth-order valence-electron chi connectivity index (χ4n) is 1.89. The number of carboxylic acid groups (broad SMARTS) is 1. The van der Waals surface area contributed by atoms with Gasteiger partial charge in [0.2, 0.25) is 0 Å². The molecule has 6 nitrogen and oxygen atoms in total. The highest BCUT2D eigenvalue weighted by molar-refractivity contribution is 5.80. The third kappa shape index (κ3) is 5.26. The Morgan fingerprint density at radius 1 is 1.30 bits per heavy atom. The van der Waals surface area contributed by atoms with Crippen LogP contribution in [0, 0.1) is 5.92 Å². The molecule has 1 N–H and O–H groups in total. The van der Waals surface area contributed by atoms with Crippen LogP contribution in [-0.2, 0) is 11.3 Å². The van der Waals surface area contributed by atoms with Crippen LogP contribution in [0.5, 0.6) is 0 Å². The van der Waals surface area contributed by atoms with Crippen molar-refractivity contribution in [2.45, 2.75) is 20.4 Å². The van der Waals surface area contributed by atoms with Crippen molar-refractivity contribution in [1.29, 1.82) is 0 Å². The molecular formula is C14H21N3O3. The molecule has 0 aliphatic carbocycles. The van der Waals surface area contributed by atoms with Crippen molar-refractivity contribution in [3.63, 3.8) is 0 Å². The molecule has 110 valence electrons. The van der Waals surface area contributed by atoms with Crippen LogP contribution in [0.2, 0.25) is 0 Å². The molecular weight excluding hydrogens is 258 g/mol. The van der Waals surface area contributed by atoms with Crippen molar-refractivity contribution >= 4 is 12.0 Å². The van der Waals surface area contributed by atoms with E-state index >= 15 is 0 Å². The van der Waals surface area contributed by atoms with Crippen LogP contribution in [0.3, 0.4) is 0 Å². The van der Waals surface area contributed by atoms with Crippen molar-refractivity contribution in [2.24, 2.45) is 5.92 Å². The summed E-state index contributed by atoms with van der Waals surface area (Å²) in [7, 11) is 1.66. The smallest absolute Gasteiger partial charge is 0.323 e. The average molecular weight is 279 g/mol. The molecule has 0 saturated heterocycles. The van der Waals surface area contributed by atoms with Gasteiger partial charge in [-0.3, -0.25) is 9.78 Å². The van der Waals surface area contributed by atoms with Crippen molar-refractivity contribution in [2.75, 3.05) is 20.1 Å². The van der Waals surface area contributed by atoms with Gasteiger partial charge < -0.3 is 14.9 Å². The van der Waals surface area contributed by atoms with E-state index in [9.17, 15) is 9.59 Å². The second-order valence-corrected chi connectivity index (χ2v) is 5.16. The number of pyridine rings is 1. The maximum absolute atomic E-state index is 12.3. The van der Waals surface area contributed by atoms with E-state index in [-0.39, 0.29) is 18.5 Å². The Kier molecular flexibility index (Phi) is 5.96. The highest BCUT2D eigenvalue weighted by Gasteiger charge is 2.21. The SMILES string of the molecule is CC(C)CN(CC(=O)O)C(=O)N(C)Cc1ccncc1. The second kappa shape index (κ2) is 7.47. The molecule has 0 saturated carbocycles. The summed E-state index contributed by atoms with van der Waals surface area (Å²) in [5.41, 5.74) is 0.954. The molecule has 0 spiro atoms. The zero-order chi connectivity index (χ0) is 15.1. The molecule has 20 heavy (non-hydrogen) atoms. The first-order valence-corrected chi connectivity index (χ1v) is 6.51. The lowest BCUT2D eigenvalue weighted by Gasteiger charge is -2.28. The van der Waals surface area contributed by atoms with Gasteiger partial charge >= 0.3 is 12.0 Å². The van der Waals surface area contributed by atoms with Crippen molar-refractivity contribution < 1.29 is 14.7 Å². The largest absolute Gasteiger partial charge is 0.480 e. The Morgan fingerprint density at radius 2 is 1.90 bits per heavy atom. The van der Waals surface area contributed by atoms with Gasteiger partial charge in [0.25, 0.3) is 0 Å². The van der Waals surface area contributed by atoms with E-state index in [0.717, 1.165) is 5.56 Å². The van der Waals surface area contributed by atoms with E-state index in [0.29, 0.717) is 13.1 Å². The fourth-order valence-corrected chi connectivity index (χ4v) is 1.89. The minimum absolute atomic E-state index is 0.215. The Morgan fingerprint density at radius 3 is 2.40 bits per heavy atom. The number of aromatic nitrogens is 1. The Labute approximate surface area is 119 Å². The molecule has 1 heterocycles. The summed E-state index contributed by atoms with van der Waals surface area (Å²) in [5.74, 6) is -0.788. The van der Waals surface area contributed by atoms with Gasteiger partial charge in [-0.2, -0.15) is 0 Å².